The Bertz CT molecular complexity index is 974. The van der Waals surface area contributed by atoms with Gasteiger partial charge in [0.15, 0.2) is 11.5 Å². The van der Waals surface area contributed by atoms with Gasteiger partial charge in [0.25, 0.3) is 5.91 Å². The van der Waals surface area contributed by atoms with Crippen molar-refractivity contribution in [3.05, 3.63) is 83.6 Å². The van der Waals surface area contributed by atoms with Gasteiger partial charge >= 0.3 is 0 Å². The number of fused-ring (bicyclic) bond motifs is 1. The molecular weight excluding hydrogens is 366 g/mol. The van der Waals surface area contributed by atoms with Crippen LogP contribution in [0.3, 0.4) is 0 Å². The molecule has 0 aliphatic carbocycles. The summed E-state index contributed by atoms with van der Waals surface area (Å²) in [6.45, 7) is 4.07. The summed E-state index contributed by atoms with van der Waals surface area (Å²) in [6, 6.07) is 19.5. The fourth-order valence-electron chi connectivity index (χ4n) is 3.18. The van der Waals surface area contributed by atoms with Crippen molar-refractivity contribution >= 4 is 11.7 Å². The van der Waals surface area contributed by atoms with Gasteiger partial charge in [-0.1, -0.05) is 36.4 Å². The Kier molecular flexibility index (Phi) is 5.61. The van der Waals surface area contributed by atoms with Crippen LogP contribution in [0.2, 0.25) is 0 Å². The fraction of sp³-hybridized carbons (Fsp3) is 0.217. The van der Waals surface area contributed by atoms with E-state index in [1.807, 2.05) is 72.5 Å². The first-order valence-electron chi connectivity index (χ1n) is 9.64. The molecule has 1 aliphatic rings. The quantitative estimate of drug-likeness (QED) is 0.660. The van der Waals surface area contributed by atoms with Gasteiger partial charge in [0.2, 0.25) is 6.79 Å². The maximum absolute atomic E-state index is 12.8. The van der Waals surface area contributed by atoms with Crippen molar-refractivity contribution in [2.45, 2.75) is 20.0 Å². The molecule has 1 N–H and O–H groups in total. The minimum Gasteiger partial charge on any atom is -0.454 e. The molecule has 4 rings (SSSR count). The highest BCUT2D eigenvalue weighted by Gasteiger charge is 2.15. The molecule has 0 unspecified atom stereocenters. The summed E-state index contributed by atoms with van der Waals surface area (Å²) in [5.41, 5.74) is 2.75. The molecule has 1 aromatic heterocycles. The van der Waals surface area contributed by atoms with E-state index in [9.17, 15) is 4.79 Å². The summed E-state index contributed by atoms with van der Waals surface area (Å²) in [5, 5.41) is 3.27. The van der Waals surface area contributed by atoms with Crippen molar-refractivity contribution in [1.82, 2.24) is 9.88 Å². The summed E-state index contributed by atoms with van der Waals surface area (Å²) < 4.78 is 10.7. The number of rotatable bonds is 7. The van der Waals surface area contributed by atoms with Crippen LogP contribution in [0.5, 0.6) is 11.5 Å². The molecule has 148 valence electrons. The number of benzene rings is 2. The summed E-state index contributed by atoms with van der Waals surface area (Å²) in [4.78, 5) is 19.0. The molecule has 2 aromatic carbocycles. The lowest BCUT2D eigenvalue weighted by Crippen LogP contribution is -2.30. The third kappa shape index (κ3) is 4.48. The summed E-state index contributed by atoms with van der Waals surface area (Å²) in [6.07, 6.45) is 1.62. The van der Waals surface area contributed by atoms with E-state index in [1.165, 1.54) is 0 Å². The van der Waals surface area contributed by atoms with Crippen LogP contribution in [0, 0.1) is 0 Å². The molecule has 3 aromatic rings. The van der Waals surface area contributed by atoms with E-state index >= 15 is 0 Å². The van der Waals surface area contributed by atoms with Crippen LogP contribution in [-0.4, -0.2) is 29.1 Å². The van der Waals surface area contributed by atoms with E-state index < -0.39 is 0 Å². The Morgan fingerprint density at radius 2 is 1.86 bits per heavy atom. The first-order chi connectivity index (χ1) is 14.2. The number of carbonyl (C=O) groups excluding carboxylic acids is 1. The van der Waals surface area contributed by atoms with Gasteiger partial charge in [0.1, 0.15) is 5.82 Å². The van der Waals surface area contributed by atoms with E-state index in [0.717, 1.165) is 22.6 Å². The number of aromatic nitrogens is 1. The average molecular weight is 389 g/mol. The SMILES string of the molecule is CCN(Cc1ccccc1)C(=O)c1ccc(NCc2ccc3c(c2)OCO3)nc1. The molecule has 0 fully saturated rings. The molecule has 1 amide bonds. The maximum Gasteiger partial charge on any atom is 0.255 e. The van der Waals surface area contributed by atoms with Gasteiger partial charge < -0.3 is 19.7 Å². The Morgan fingerprint density at radius 1 is 1.03 bits per heavy atom. The number of nitrogens with zero attached hydrogens (tertiary/aromatic N) is 2. The number of hydrogen-bond donors (Lipinski definition) is 1. The highest BCUT2D eigenvalue weighted by Crippen LogP contribution is 2.32. The number of hydrogen-bond acceptors (Lipinski definition) is 5. The third-order valence-corrected chi connectivity index (χ3v) is 4.81. The Morgan fingerprint density at radius 3 is 2.62 bits per heavy atom. The van der Waals surface area contributed by atoms with Gasteiger partial charge in [-0.25, -0.2) is 4.98 Å². The zero-order valence-corrected chi connectivity index (χ0v) is 16.3. The lowest BCUT2D eigenvalue weighted by Gasteiger charge is -2.21. The van der Waals surface area contributed by atoms with Crippen molar-refractivity contribution in [3.8, 4) is 11.5 Å². The average Bonchev–Trinajstić information content (AvgIpc) is 3.24. The van der Waals surface area contributed by atoms with Crippen LogP contribution in [0.4, 0.5) is 5.82 Å². The first-order valence-corrected chi connectivity index (χ1v) is 9.64. The monoisotopic (exact) mass is 389 g/mol. The van der Waals surface area contributed by atoms with Crippen molar-refractivity contribution < 1.29 is 14.3 Å². The predicted molar refractivity (Wildman–Crippen MR) is 111 cm³/mol. The smallest absolute Gasteiger partial charge is 0.255 e. The molecule has 2 heterocycles. The van der Waals surface area contributed by atoms with E-state index in [4.69, 9.17) is 9.47 Å². The highest BCUT2D eigenvalue weighted by molar-refractivity contribution is 5.94. The largest absolute Gasteiger partial charge is 0.454 e. The van der Waals surface area contributed by atoms with Crippen LogP contribution in [-0.2, 0) is 13.1 Å². The number of pyridine rings is 1. The Hall–Kier alpha value is -3.54. The lowest BCUT2D eigenvalue weighted by molar-refractivity contribution is 0.0752. The second-order valence-corrected chi connectivity index (χ2v) is 6.78. The molecule has 29 heavy (non-hydrogen) atoms. The number of nitrogens with one attached hydrogen (secondary N) is 1. The van der Waals surface area contributed by atoms with Gasteiger partial charge in [-0.05, 0) is 42.3 Å². The van der Waals surface area contributed by atoms with Gasteiger partial charge in [-0.3, -0.25) is 4.79 Å². The molecule has 6 nitrogen and oxygen atoms in total. The minimum atomic E-state index is -0.0221. The van der Waals surface area contributed by atoms with Crippen molar-refractivity contribution in [2.75, 3.05) is 18.7 Å². The van der Waals surface area contributed by atoms with Crippen molar-refractivity contribution in [2.24, 2.45) is 0 Å². The van der Waals surface area contributed by atoms with E-state index in [1.54, 1.807) is 6.20 Å². The molecule has 0 spiro atoms. The molecule has 0 saturated carbocycles. The maximum atomic E-state index is 12.8. The lowest BCUT2D eigenvalue weighted by atomic mass is 10.2. The molecule has 0 atom stereocenters. The summed E-state index contributed by atoms with van der Waals surface area (Å²) in [5.74, 6) is 2.22. The van der Waals surface area contributed by atoms with Crippen LogP contribution in [0.1, 0.15) is 28.4 Å². The Balaban J connectivity index is 1.37. The van der Waals surface area contributed by atoms with E-state index in [2.05, 4.69) is 10.3 Å². The molecule has 6 heteroatoms. The zero-order valence-electron chi connectivity index (χ0n) is 16.3. The standard InChI is InChI=1S/C23H23N3O3/c1-2-26(15-17-6-4-3-5-7-17)23(27)19-9-11-22(25-14-19)24-13-18-8-10-20-21(12-18)29-16-28-20/h3-12,14H,2,13,15-16H2,1H3,(H,24,25). The first kappa shape index (κ1) is 18.8. The van der Waals surface area contributed by atoms with E-state index in [-0.39, 0.29) is 12.7 Å². The third-order valence-electron chi connectivity index (χ3n) is 4.81. The molecule has 0 saturated heterocycles. The minimum absolute atomic E-state index is 0.0221. The van der Waals surface area contributed by atoms with Crippen molar-refractivity contribution in [3.63, 3.8) is 0 Å². The second kappa shape index (κ2) is 8.65. The van der Waals surface area contributed by atoms with Crippen LogP contribution in [0.15, 0.2) is 66.9 Å². The summed E-state index contributed by atoms with van der Waals surface area (Å²) in [7, 11) is 0. The molecular formula is C23H23N3O3. The fourth-order valence-corrected chi connectivity index (χ4v) is 3.18. The number of anilines is 1. The van der Waals surface area contributed by atoms with E-state index in [0.29, 0.717) is 31.0 Å². The molecule has 1 aliphatic heterocycles. The molecule has 0 radical (unpaired) electrons. The van der Waals surface area contributed by atoms with Crippen LogP contribution in [0.25, 0.3) is 0 Å². The Labute approximate surface area is 170 Å². The number of ether oxygens (including phenoxy) is 2. The van der Waals surface area contributed by atoms with Gasteiger partial charge in [0, 0.05) is 25.8 Å². The number of amides is 1. The van der Waals surface area contributed by atoms with Gasteiger partial charge in [0.05, 0.1) is 5.56 Å². The van der Waals surface area contributed by atoms with Crippen LogP contribution < -0.4 is 14.8 Å². The highest BCUT2D eigenvalue weighted by atomic mass is 16.7. The predicted octanol–water partition coefficient (Wildman–Crippen LogP) is 4.08. The van der Waals surface area contributed by atoms with Crippen molar-refractivity contribution in [1.29, 1.82) is 0 Å². The topological polar surface area (TPSA) is 63.7 Å². The zero-order chi connectivity index (χ0) is 20.1. The normalized spacial score (nSPS) is 11.9. The summed E-state index contributed by atoms with van der Waals surface area (Å²) >= 11 is 0. The van der Waals surface area contributed by atoms with Crippen LogP contribution >= 0.6 is 0 Å². The molecule has 0 bridgehead atoms. The van der Waals surface area contributed by atoms with Gasteiger partial charge in [-0.2, -0.15) is 0 Å². The number of carbonyl (C=O) groups is 1. The second-order valence-electron chi connectivity index (χ2n) is 6.78. The van der Waals surface area contributed by atoms with Gasteiger partial charge in [-0.15, -0.1) is 0 Å².